The normalized spacial score (nSPS) is 11.6. The van der Waals surface area contributed by atoms with Gasteiger partial charge in [0.05, 0.1) is 23.3 Å². The maximum absolute atomic E-state index is 5.13. The van der Waals surface area contributed by atoms with Gasteiger partial charge in [-0.1, -0.05) is 384 Å². The number of aliphatic imine (C=N–C) groups is 2. The fourth-order valence-electron chi connectivity index (χ4n) is 11.5. The molecule has 2 aromatic carbocycles. The van der Waals surface area contributed by atoms with E-state index in [1.807, 2.05) is 6.21 Å². The molecule has 0 aliphatic heterocycles. The average Bonchev–Trinajstić information content (AvgIpc) is 3.56. The van der Waals surface area contributed by atoms with Gasteiger partial charge in [0.1, 0.15) is 0 Å². The molecule has 3 heteroatoms. The van der Waals surface area contributed by atoms with E-state index >= 15 is 0 Å². The first-order valence-electron chi connectivity index (χ1n) is 36.2. The van der Waals surface area contributed by atoms with Crippen molar-refractivity contribution in [3.8, 4) is 23.7 Å². The van der Waals surface area contributed by atoms with Crippen LogP contribution in [0.3, 0.4) is 0 Å². The molecular weight excluding hydrogens is 1040 g/mol. The van der Waals surface area contributed by atoms with Crippen molar-refractivity contribution in [1.29, 1.82) is 0 Å². The van der Waals surface area contributed by atoms with Crippen LogP contribution in [0.1, 0.15) is 391 Å². The second-order valence-electron chi connectivity index (χ2n) is 24.9. The third kappa shape index (κ3) is 53.8. The van der Waals surface area contributed by atoms with E-state index < -0.39 is 0 Å². The molecule has 0 aliphatic rings. The number of benzene rings is 2. The number of hydrogen-bond acceptors (Lipinski definition) is 2. The van der Waals surface area contributed by atoms with Crippen LogP contribution < -0.4 is 0 Å². The summed E-state index contributed by atoms with van der Waals surface area (Å²) < 4.78 is 0. The third-order valence-corrected chi connectivity index (χ3v) is 16.8. The molecule has 0 radical (unpaired) electrons. The van der Waals surface area contributed by atoms with Crippen molar-refractivity contribution in [2.24, 2.45) is 9.98 Å². The van der Waals surface area contributed by atoms with E-state index in [1.54, 1.807) is 0 Å². The summed E-state index contributed by atoms with van der Waals surface area (Å²) in [6, 6.07) is 16.8. The van der Waals surface area contributed by atoms with Gasteiger partial charge in [0.25, 0.3) is 0 Å². The zero-order valence-electron chi connectivity index (χ0n) is 54.7. The summed E-state index contributed by atoms with van der Waals surface area (Å²) in [5.41, 5.74) is 4.80. The fraction of sp³-hybridized carbons (Fsp3) is 0.747. The Balaban J connectivity index is 0.0000336. The van der Waals surface area contributed by atoms with Crippen molar-refractivity contribution in [2.45, 2.75) is 380 Å². The Hall–Kier alpha value is -2.87. The summed E-state index contributed by atoms with van der Waals surface area (Å²) in [6.07, 6.45) is 83.9. The Kier molecular flexibility index (Phi) is 60.3. The van der Waals surface area contributed by atoms with Gasteiger partial charge in [-0.25, -0.2) is 4.99 Å². The topological polar surface area (TPSA) is 24.7 Å². The molecule has 0 N–H and O–H groups in total. The number of hydrogen-bond donors (Lipinski definition) is 0. The molecule has 0 bridgehead atoms. The monoisotopic (exact) mass is 1170 g/mol. The van der Waals surface area contributed by atoms with Gasteiger partial charge in [-0.2, -0.15) is 0 Å². The van der Waals surface area contributed by atoms with E-state index in [-0.39, 0.29) is 16.5 Å². The molecule has 2 nitrogen and oxygen atoms in total. The maximum atomic E-state index is 5.13. The average molecular weight is 1170 g/mol. The van der Waals surface area contributed by atoms with E-state index in [0.717, 1.165) is 47.5 Å². The molecule has 0 amide bonds. The molecule has 2 rings (SSSR count). The van der Waals surface area contributed by atoms with Crippen LogP contribution in [0.2, 0.25) is 0 Å². The summed E-state index contributed by atoms with van der Waals surface area (Å²) in [7, 11) is 0. The summed E-state index contributed by atoms with van der Waals surface area (Å²) >= 11 is 0. The second kappa shape index (κ2) is 64.1. The van der Waals surface area contributed by atoms with Crippen LogP contribution in [0.4, 0.5) is 11.4 Å². The molecule has 0 spiro atoms. The molecule has 468 valence electrons. The Morgan fingerprint density at radius 3 is 0.915 bits per heavy atom. The van der Waals surface area contributed by atoms with Crippen LogP contribution in [0.25, 0.3) is 0 Å². The summed E-state index contributed by atoms with van der Waals surface area (Å²) in [5.74, 6) is 13.8. The molecule has 2 aromatic rings. The Morgan fingerprint density at radius 1 is 0.329 bits per heavy atom. The summed E-state index contributed by atoms with van der Waals surface area (Å²) in [6.45, 7) is 6.92. The van der Waals surface area contributed by atoms with Crippen molar-refractivity contribution in [3.05, 3.63) is 71.8 Å². The van der Waals surface area contributed by atoms with Crippen molar-refractivity contribution >= 4 is 23.3 Å². The first-order chi connectivity index (χ1) is 40.2. The summed E-state index contributed by atoms with van der Waals surface area (Å²) in [4.78, 5) is 10.1. The predicted octanol–water partition coefficient (Wildman–Crippen LogP) is 27.3. The minimum Gasteiger partial charge on any atom is -0.255 e. The van der Waals surface area contributed by atoms with Gasteiger partial charge in [-0.15, -0.1) is 0 Å². The van der Waals surface area contributed by atoms with E-state index in [0.29, 0.717) is 0 Å². The van der Waals surface area contributed by atoms with Crippen LogP contribution in [0, 0.1) is 23.7 Å². The zero-order chi connectivity index (χ0) is 57.5. The van der Waals surface area contributed by atoms with Crippen LogP contribution in [0.15, 0.2) is 70.7 Å². The Labute approximate surface area is 522 Å². The van der Waals surface area contributed by atoms with Crippen LogP contribution >= 0.6 is 0 Å². The van der Waals surface area contributed by atoms with Crippen molar-refractivity contribution < 1.29 is 16.5 Å². The molecular formula is C79H132N2Ni. The minimum absolute atomic E-state index is 0. The van der Waals surface area contributed by atoms with Crippen LogP contribution in [-0.4, -0.2) is 11.9 Å². The molecule has 0 saturated carbocycles. The van der Waals surface area contributed by atoms with E-state index in [9.17, 15) is 0 Å². The number of rotatable bonds is 58. The van der Waals surface area contributed by atoms with Gasteiger partial charge in [0.2, 0.25) is 0 Å². The van der Waals surface area contributed by atoms with Crippen LogP contribution in [0.5, 0.6) is 0 Å². The van der Waals surface area contributed by atoms with E-state index in [1.165, 1.54) is 340 Å². The first-order valence-corrected chi connectivity index (χ1v) is 36.2. The van der Waals surface area contributed by atoms with Gasteiger partial charge < -0.3 is 0 Å². The molecule has 82 heavy (non-hydrogen) atoms. The van der Waals surface area contributed by atoms with E-state index in [4.69, 9.17) is 9.98 Å². The molecule has 0 aromatic heterocycles. The smallest absolute Gasteiger partial charge is 0.0816 e. The quantitative estimate of drug-likeness (QED) is 0.0273. The van der Waals surface area contributed by atoms with Crippen molar-refractivity contribution in [3.63, 3.8) is 0 Å². The largest absolute Gasteiger partial charge is 0.255 e. The second-order valence-corrected chi connectivity index (χ2v) is 24.9. The molecule has 0 fully saturated rings. The Bertz CT molecular complexity index is 1870. The Morgan fingerprint density at radius 2 is 0.598 bits per heavy atom. The molecule has 0 unspecified atom stereocenters. The predicted molar refractivity (Wildman–Crippen MR) is 367 cm³/mol. The molecule has 0 atom stereocenters. The SMILES string of the molecule is CCCCCCCCCCCCCCCCCCC#Cc1cccc(N=CC(C=CCCCCCCCCCCCCCCCCCCCCCCC)=Nc2cccc(C#CCCCCCCCCCCCCCCCCCC)c2)c1.[Ni]. The first kappa shape index (κ1) is 77.1. The summed E-state index contributed by atoms with van der Waals surface area (Å²) in [5, 5.41) is 0. The van der Waals surface area contributed by atoms with Gasteiger partial charge >= 0.3 is 0 Å². The standard InChI is InChI=1S/C79H132N2.Ni/c1-4-7-10-13-16-19-22-25-28-31-34-35-36-37-38-41-44-47-50-53-56-59-62-69-79(81-78-71-64-68-76(73-78)66-61-58-55-52-49-46-43-40-33-30-27-24-21-18-15-12-9-6-3)74-80-77-70-63-67-75(72-77)65-60-57-54-51-48-45-42-39-32-29-26-23-20-17-14-11-8-5-2;/h62-64,67-74H,4-59H2,1-3H3;. The van der Waals surface area contributed by atoms with Gasteiger partial charge in [0.15, 0.2) is 0 Å². The van der Waals surface area contributed by atoms with Crippen molar-refractivity contribution in [2.75, 3.05) is 0 Å². The molecule has 0 saturated heterocycles. The van der Waals surface area contributed by atoms with Gasteiger partial charge in [-0.3, -0.25) is 4.99 Å². The minimum atomic E-state index is 0. The third-order valence-electron chi connectivity index (χ3n) is 16.8. The fourth-order valence-corrected chi connectivity index (χ4v) is 11.5. The number of nitrogens with zero attached hydrogens (tertiary/aromatic N) is 2. The number of allylic oxidation sites excluding steroid dienone is 2. The maximum Gasteiger partial charge on any atom is 0.0816 e. The number of unbranched alkanes of at least 4 members (excludes halogenated alkanes) is 53. The van der Waals surface area contributed by atoms with Gasteiger partial charge in [-0.05, 0) is 68.2 Å². The molecule has 0 heterocycles. The van der Waals surface area contributed by atoms with Crippen molar-refractivity contribution in [1.82, 2.24) is 0 Å². The van der Waals surface area contributed by atoms with Gasteiger partial charge in [0, 0.05) is 40.5 Å². The van der Waals surface area contributed by atoms with Crippen LogP contribution in [-0.2, 0) is 16.5 Å². The zero-order valence-corrected chi connectivity index (χ0v) is 55.6. The van der Waals surface area contributed by atoms with E-state index in [2.05, 4.69) is 105 Å². The molecule has 0 aliphatic carbocycles.